The zero-order valence-electron chi connectivity index (χ0n) is 88.2. The number of phenolic OH excluding ortho intramolecular Hbond substituents is 1. The van der Waals surface area contributed by atoms with E-state index in [-0.39, 0.29) is 37.8 Å². The van der Waals surface area contributed by atoms with Crippen molar-refractivity contribution in [2.45, 2.75) is 448 Å². The zero-order valence-corrected chi connectivity index (χ0v) is 95.1. The summed E-state index contributed by atoms with van der Waals surface area (Å²) in [6.45, 7) is 64.2. The Labute approximate surface area is 819 Å². The lowest BCUT2D eigenvalue weighted by molar-refractivity contribution is 0.0506. The number of methoxy groups -OCH3 is 1. The highest BCUT2D eigenvalue weighted by atomic mass is 79.9. The summed E-state index contributed by atoms with van der Waals surface area (Å²) in [5.41, 5.74) is 12.3. The van der Waals surface area contributed by atoms with Gasteiger partial charge in [-0.3, -0.25) is 0 Å². The number of ether oxygens (including phenoxy) is 2. The molecule has 32 atom stereocenters. The number of hydrogen-bond acceptors (Lipinski definition) is 3. The van der Waals surface area contributed by atoms with Gasteiger partial charge in [0.1, 0.15) is 11.5 Å². The van der Waals surface area contributed by atoms with Gasteiger partial charge in [-0.15, -0.1) is 8.58 Å². The van der Waals surface area contributed by atoms with Gasteiger partial charge in [-0.05, 0) is 404 Å². The summed E-state index contributed by atoms with van der Waals surface area (Å²) < 4.78 is 10.9. The van der Waals surface area contributed by atoms with Crippen LogP contribution in [0.3, 0.4) is 0 Å². The van der Waals surface area contributed by atoms with Crippen molar-refractivity contribution in [1.29, 1.82) is 0 Å². The average molecular weight is 1950 g/mol. The van der Waals surface area contributed by atoms with Gasteiger partial charge in [-0.2, -0.15) is 0 Å². The highest BCUT2D eigenvalue weighted by Gasteiger charge is 2.48. The number of aromatic hydroxyl groups is 1. The third kappa shape index (κ3) is 33.5. The van der Waals surface area contributed by atoms with Crippen LogP contribution in [0, 0.1) is 156 Å². The van der Waals surface area contributed by atoms with Crippen molar-refractivity contribution in [3.63, 3.8) is 0 Å². The molecular weight excluding hydrogens is 1750 g/mol. The number of rotatable bonds is 23. The normalized spacial score (nSPS) is 35.1. The maximum atomic E-state index is 10.7. The summed E-state index contributed by atoms with van der Waals surface area (Å²) >= 11 is 10.7. The molecule has 0 saturated heterocycles. The molecule has 129 heavy (non-hydrogen) atoms. The fourth-order valence-electron chi connectivity index (χ4n) is 27.6. The number of halogens is 2. The van der Waals surface area contributed by atoms with Crippen molar-refractivity contribution in [3.8, 4) is 11.5 Å². The van der Waals surface area contributed by atoms with Gasteiger partial charge in [0.05, 0.1) is 4.47 Å². The first-order valence-electron chi connectivity index (χ1n) is 54.7. The van der Waals surface area contributed by atoms with Gasteiger partial charge in [0, 0.05) is 12.4 Å². The van der Waals surface area contributed by atoms with E-state index >= 15 is 0 Å². The standard InChI is InChI=1S/2C24H39P.C23H37OP.C20H38ClP.C20H39P.C8H9BrO2/c2*1-17(2)22-14-13-19(4)16-24(22)25(21-11-8-9-18(3)15-21)23-12-7-6-10-20(23)5;1-16(2)20-13-12-18(4)15-23(20)25(19-9-7-8-17(3)14-19)22-11-6-5-10-21(22)24;1-13(2)17-9-7-15(5)11-19(17)22(21)20-12-16(6)8-10-18(20)14(3)4;1-13(2)17-9-7-15(5)11-19(17)21-20-12-16(6)8-10-18(20)14(3)4;1-10-6-11-8-5-3-2-4-7(8)9/h2*6-7,10,12,17-19,21-22,24H,8-9,11,13-16H2,1-5H3;5-6,10-11,16-20,23-24H,7-9,12-15H2,1-4H3;13-20H,7-12H2,1-6H3;13-21H,7-12H2,1-6H3;2-5H,6H2,1H3/t2*18-,19-,21?,22?,24?,25?;17-,18-,19?,20?,23?,25?;15-,16+,17+,18-,19?,20?,22?;15-,16+,17+,18-,19?,20?;/m111.../s1. The molecule has 0 spiro atoms. The Morgan fingerprint density at radius 2 is 0.589 bits per heavy atom. The maximum absolute atomic E-state index is 10.7. The molecule has 18 unspecified atom stereocenters. The Morgan fingerprint density at radius 1 is 0.326 bits per heavy atom. The average Bonchev–Trinajstić information content (AvgIpc) is 0.782. The van der Waals surface area contributed by atoms with Gasteiger partial charge in [0.2, 0.25) is 0 Å². The van der Waals surface area contributed by atoms with Crippen molar-refractivity contribution in [1.82, 2.24) is 0 Å². The Morgan fingerprint density at radius 3 is 0.891 bits per heavy atom. The van der Waals surface area contributed by atoms with E-state index in [4.69, 9.17) is 20.7 Å². The zero-order chi connectivity index (χ0) is 94.0. The van der Waals surface area contributed by atoms with Gasteiger partial charge in [-0.1, -0.05) is 364 Å². The molecule has 10 aliphatic rings. The fraction of sp³-hybridized carbons (Fsp3) is 0.798. The van der Waals surface area contributed by atoms with E-state index in [2.05, 4.69) is 257 Å². The van der Waals surface area contributed by atoms with Gasteiger partial charge in [0.25, 0.3) is 0 Å². The van der Waals surface area contributed by atoms with Crippen LogP contribution in [0.25, 0.3) is 0 Å². The molecule has 4 aromatic rings. The van der Waals surface area contributed by atoms with Gasteiger partial charge < -0.3 is 14.6 Å². The van der Waals surface area contributed by atoms with E-state index in [1.165, 1.54) is 226 Å². The number of phenols is 1. The molecule has 734 valence electrons. The second kappa shape index (κ2) is 56.1. The van der Waals surface area contributed by atoms with Crippen LogP contribution in [0.2, 0.25) is 0 Å². The molecule has 0 aromatic heterocycles. The summed E-state index contributed by atoms with van der Waals surface area (Å²) in [5, 5.41) is 15.5. The highest BCUT2D eigenvalue weighted by molar-refractivity contribution is 9.10. The molecule has 0 radical (unpaired) electrons. The highest BCUT2D eigenvalue weighted by Crippen LogP contribution is 2.67. The summed E-state index contributed by atoms with van der Waals surface area (Å²) in [5.74, 6) is 22.9. The van der Waals surface area contributed by atoms with Crippen LogP contribution >= 0.6 is 66.8 Å². The first-order valence-corrected chi connectivity index (χ1v) is 63.5. The van der Waals surface area contributed by atoms with Crippen molar-refractivity contribution < 1.29 is 14.6 Å². The van der Waals surface area contributed by atoms with Crippen molar-refractivity contribution in [2.75, 3.05) is 13.9 Å². The summed E-state index contributed by atoms with van der Waals surface area (Å²) in [7, 11) is 2.14. The van der Waals surface area contributed by atoms with Crippen LogP contribution in [0.1, 0.15) is 389 Å². The molecule has 0 bridgehead atoms. The topological polar surface area (TPSA) is 38.7 Å². The molecule has 0 heterocycles. The van der Waals surface area contributed by atoms with E-state index in [1.807, 2.05) is 36.4 Å². The fourth-order valence-corrected chi connectivity index (χ4v) is 49.4. The number of aryl methyl sites for hydroxylation is 2. The first kappa shape index (κ1) is 112. The van der Waals surface area contributed by atoms with E-state index in [0.717, 1.165) is 209 Å². The van der Waals surface area contributed by atoms with Crippen LogP contribution in [0.5, 0.6) is 11.5 Å². The Hall–Kier alpha value is -0.640. The minimum atomic E-state index is -0.341. The van der Waals surface area contributed by atoms with Crippen LogP contribution in [0.15, 0.2) is 102 Å². The van der Waals surface area contributed by atoms with E-state index in [1.54, 1.807) is 28.8 Å². The van der Waals surface area contributed by atoms with Crippen molar-refractivity contribution in [3.05, 3.63) is 113 Å². The lowest BCUT2D eigenvalue weighted by Crippen LogP contribution is -2.37. The van der Waals surface area contributed by atoms with Gasteiger partial charge in [0.15, 0.2) is 6.79 Å². The van der Waals surface area contributed by atoms with E-state index in [0.29, 0.717) is 5.75 Å². The molecule has 3 nitrogen and oxygen atoms in total. The van der Waals surface area contributed by atoms with Crippen LogP contribution in [-0.2, 0) is 4.74 Å². The number of hydrogen-bond donors (Lipinski definition) is 1. The third-order valence-electron chi connectivity index (χ3n) is 35.1. The molecule has 10 fully saturated rings. The molecule has 10 saturated carbocycles. The predicted octanol–water partition coefficient (Wildman–Crippen LogP) is 37.4. The minimum Gasteiger partial charge on any atom is -0.507 e. The monoisotopic (exact) mass is 1950 g/mol. The largest absolute Gasteiger partial charge is 0.507 e. The molecule has 10 heteroatoms. The third-order valence-corrected chi connectivity index (χ3v) is 52.7. The SMILES string of the molecule is CC(C)C1CC[C@@H](C)CC1P(c1ccccc1O)C1CCC[C@@H](C)C1.CC(C)[C@H]1CC[C@H](C)CC1P(Cl)C1C[C@H](C)CC[C@H]1C(C)C.CC(C)[C@H]1CC[C@H](C)CC1PC1C[C@H](C)CC[C@H]1C(C)C.COCOc1ccccc1Br.Cc1ccccc1P(C1CCC[C@@H](C)C1)C1C[C@H](C)CCC1C(C)C.Cc1ccccc1P(C1CCC[C@@H](C)C1)C1C[C@H](C)CCC1C(C)C. The minimum absolute atomic E-state index is 0.0379. The molecule has 1 N–H and O–H groups in total. The smallest absolute Gasteiger partial charge is 0.188 e. The predicted molar refractivity (Wildman–Crippen MR) is 588 cm³/mol. The quantitative estimate of drug-likeness (QED) is 0.0594. The van der Waals surface area contributed by atoms with Gasteiger partial charge >= 0.3 is 0 Å². The van der Waals surface area contributed by atoms with E-state index < -0.39 is 0 Å². The van der Waals surface area contributed by atoms with Crippen LogP contribution < -0.4 is 20.7 Å². The first-order chi connectivity index (χ1) is 61.4. The Kier molecular flexibility index (Phi) is 48.7. The molecule has 14 rings (SSSR count). The number of para-hydroxylation sites is 2. The second-order valence-electron chi connectivity index (χ2n) is 48.4. The Balaban J connectivity index is 0.000000177. The summed E-state index contributed by atoms with van der Waals surface area (Å²) in [4.78, 5) is 0. The molecule has 0 amide bonds. The number of benzene rings is 4. The maximum Gasteiger partial charge on any atom is 0.188 e. The van der Waals surface area contributed by atoms with Crippen molar-refractivity contribution >= 4 is 82.7 Å². The van der Waals surface area contributed by atoms with Crippen molar-refractivity contribution in [2.24, 2.45) is 142 Å². The lowest BCUT2D eigenvalue weighted by atomic mass is 9.76. The van der Waals surface area contributed by atoms with E-state index in [9.17, 15) is 5.11 Å². The van der Waals surface area contributed by atoms with Crippen LogP contribution in [0.4, 0.5) is 0 Å². The molecular formula is C119H201BrClO3P5. The van der Waals surface area contributed by atoms with Crippen LogP contribution in [-0.4, -0.2) is 75.6 Å². The summed E-state index contributed by atoms with van der Waals surface area (Å²) in [6, 6.07) is 34.8. The second-order valence-corrected chi connectivity index (χ2v) is 62.3. The Bertz CT molecular complexity index is 3450. The van der Waals surface area contributed by atoms with Gasteiger partial charge in [-0.25, -0.2) is 0 Å². The molecule has 0 aliphatic heterocycles. The lowest BCUT2D eigenvalue weighted by Gasteiger charge is -2.47. The molecule has 4 aromatic carbocycles. The molecule has 10 aliphatic carbocycles. The summed E-state index contributed by atoms with van der Waals surface area (Å²) in [6.07, 6.45) is 47.8.